The number of amides is 2. The van der Waals surface area contributed by atoms with Crippen LogP contribution in [0.25, 0.3) is 0 Å². The maximum absolute atomic E-state index is 11.5. The van der Waals surface area contributed by atoms with Crippen molar-refractivity contribution in [3.8, 4) is 0 Å². The van der Waals surface area contributed by atoms with Crippen LogP contribution in [0, 0.1) is 0 Å². The fourth-order valence-electron chi connectivity index (χ4n) is 1.73. The van der Waals surface area contributed by atoms with E-state index in [9.17, 15) is 14.4 Å². The Hall–Kier alpha value is -1.68. The van der Waals surface area contributed by atoms with Gasteiger partial charge in [-0.15, -0.1) is 0 Å². The highest BCUT2D eigenvalue weighted by molar-refractivity contribution is 6.63. The molecule has 0 spiro atoms. The lowest BCUT2D eigenvalue weighted by Gasteiger charge is -2.03. The molecule has 0 saturated carbocycles. The number of halogens is 1. The van der Waals surface area contributed by atoms with Crippen molar-refractivity contribution in [2.45, 2.75) is 12.8 Å². The van der Waals surface area contributed by atoms with Gasteiger partial charge in [0.15, 0.2) is 0 Å². The van der Waals surface area contributed by atoms with E-state index < -0.39 is 11.1 Å². The van der Waals surface area contributed by atoms with E-state index in [0.29, 0.717) is 23.1 Å². The van der Waals surface area contributed by atoms with Crippen LogP contribution in [0.5, 0.6) is 0 Å². The summed E-state index contributed by atoms with van der Waals surface area (Å²) in [5, 5.41) is 1.76. The molecule has 1 aliphatic rings. The van der Waals surface area contributed by atoms with Gasteiger partial charge in [-0.2, -0.15) is 0 Å². The second-order valence-corrected chi connectivity index (χ2v) is 3.90. The molecule has 1 aromatic carbocycles. The number of nitrogens with one attached hydrogen (secondary N) is 1. The molecule has 0 atom stereocenters. The predicted octanol–water partition coefficient (Wildman–Crippen LogP) is 1.27. The summed E-state index contributed by atoms with van der Waals surface area (Å²) in [5.41, 5.74) is 1.41. The van der Waals surface area contributed by atoms with Gasteiger partial charge in [0.25, 0.3) is 11.8 Å². The molecule has 1 aliphatic heterocycles. The topological polar surface area (TPSA) is 63.2 Å². The van der Waals surface area contributed by atoms with Gasteiger partial charge in [-0.05, 0) is 29.7 Å². The molecule has 0 aromatic heterocycles. The molecule has 1 aromatic rings. The molecule has 1 N–H and O–H groups in total. The number of imide groups is 1. The molecular weight excluding hydrogens is 230 g/mol. The smallest absolute Gasteiger partial charge is 0.259 e. The van der Waals surface area contributed by atoms with Crippen LogP contribution in [-0.2, 0) is 11.2 Å². The summed E-state index contributed by atoms with van der Waals surface area (Å²) in [5.74, 6) is -0.795. The van der Waals surface area contributed by atoms with Gasteiger partial charge in [0.2, 0.25) is 5.24 Å². The minimum absolute atomic E-state index is 0.152. The summed E-state index contributed by atoms with van der Waals surface area (Å²) in [7, 11) is 0. The highest BCUT2D eigenvalue weighted by Crippen LogP contribution is 2.21. The molecule has 5 heteroatoms. The Balaban J connectivity index is 2.37. The van der Waals surface area contributed by atoms with E-state index >= 15 is 0 Å². The number of carbonyl (C=O) groups excluding carboxylic acids is 3. The van der Waals surface area contributed by atoms with Crippen LogP contribution in [-0.4, -0.2) is 17.1 Å². The lowest BCUT2D eigenvalue weighted by Crippen LogP contribution is -2.20. The van der Waals surface area contributed by atoms with E-state index in [1.165, 1.54) is 0 Å². The van der Waals surface area contributed by atoms with E-state index in [0.717, 1.165) is 0 Å². The number of aryl methyl sites for hydroxylation is 1. The molecule has 0 radical (unpaired) electrons. The summed E-state index contributed by atoms with van der Waals surface area (Å²) >= 11 is 5.24. The van der Waals surface area contributed by atoms with Gasteiger partial charge < -0.3 is 0 Å². The fraction of sp³-hybridized carbons (Fsp3) is 0.182. The first-order chi connectivity index (χ1) is 7.59. The largest absolute Gasteiger partial charge is 0.288 e. The van der Waals surface area contributed by atoms with Crippen LogP contribution in [0.2, 0.25) is 0 Å². The highest BCUT2D eigenvalue weighted by Gasteiger charge is 2.28. The van der Waals surface area contributed by atoms with Crippen molar-refractivity contribution < 1.29 is 14.4 Å². The average Bonchev–Trinajstić information content (AvgIpc) is 2.52. The molecule has 0 aliphatic carbocycles. The molecule has 0 fully saturated rings. The number of fused-ring (bicyclic) bond motifs is 1. The molecule has 1 heterocycles. The van der Waals surface area contributed by atoms with Gasteiger partial charge in [-0.3, -0.25) is 19.7 Å². The Morgan fingerprint density at radius 3 is 2.69 bits per heavy atom. The zero-order valence-electron chi connectivity index (χ0n) is 8.25. The van der Waals surface area contributed by atoms with E-state index in [-0.39, 0.29) is 12.3 Å². The number of benzene rings is 1. The predicted molar refractivity (Wildman–Crippen MR) is 57.4 cm³/mol. The van der Waals surface area contributed by atoms with Crippen molar-refractivity contribution in [3.05, 3.63) is 34.9 Å². The number of hydrogen-bond donors (Lipinski definition) is 1. The molecule has 0 bridgehead atoms. The minimum atomic E-state index is -0.456. The van der Waals surface area contributed by atoms with Gasteiger partial charge in [-0.1, -0.05) is 12.1 Å². The van der Waals surface area contributed by atoms with Gasteiger partial charge >= 0.3 is 0 Å². The quantitative estimate of drug-likeness (QED) is 0.636. The van der Waals surface area contributed by atoms with Gasteiger partial charge in [-0.25, -0.2) is 0 Å². The zero-order valence-corrected chi connectivity index (χ0v) is 9.00. The SMILES string of the molecule is O=C(Cl)CCc1cccc2c1C(=O)NC2=O. The first-order valence-electron chi connectivity index (χ1n) is 4.75. The van der Waals surface area contributed by atoms with Crippen LogP contribution in [0.4, 0.5) is 0 Å². The Morgan fingerprint density at radius 2 is 2.00 bits per heavy atom. The van der Waals surface area contributed by atoms with Crippen molar-refractivity contribution in [3.63, 3.8) is 0 Å². The van der Waals surface area contributed by atoms with Crippen molar-refractivity contribution in [2.24, 2.45) is 0 Å². The first kappa shape index (κ1) is 10.8. The molecule has 16 heavy (non-hydrogen) atoms. The van der Waals surface area contributed by atoms with Crippen molar-refractivity contribution >= 4 is 28.7 Å². The maximum Gasteiger partial charge on any atom is 0.259 e. The summed E-state index contributed by atoms with van der Waals surface area (Å²) in [6, 6.07) is 4.99. The van der Waals surface area contributed by atoms with Crippen LogP contribution in [0.1, 0.15) is 32.7 Å². The highest BCUT2D eigenvalue weighted by atomic mass is 35.5. The molecule has 2 rings (SSSR count). The lowest BCUT2D eigenvalue weighted by molar-refractivity contribution is -0.111. The Bertz CT molecular complexity index is 496. The third-order valence-corrected chi connectivity index (χ3v) is 2.63. The second kappa shape index (κ2) is 4.06. The van der Waals surface area contributed by atoms with Crippen LogP contribution in [0.3, 0.4) is 0 Å². The monoisotopic (exact) mass is 237 g/mol. The zero-order chi connectivity index (χ0) is 11.7. The van der Waals surface area contributed by atoms with Crippen LogP contribution < -0.4 is 5.32 Å². The van der Waals surface area contributed by atoms with Crippen molar-refractivity contribution in [1.29, 1.82) is 0 Å². The first-order valence-corrected chi connectivity index (χ1v) is 5.13. The Morgan fingerprint density at radius 1 is 1.25 bits per heavy atom. The molecule has 2 amide bonds. The van der Waals surface area contributed by atoms with E-state index in [1.54, 1.807) is 18.2 Å². The third-order valence-electron chi connectivity index (χ3n) is 2.44. The fourth-order valence-corrected chi connectivity index (χ4v) is 1.83. The van der Waals surface area contributed by atoms with Crippen molar-refractivity contribution in [1.82, 2.24) is 5.32 Å². The van der Waals surface area contributed by atoms with Crippen LogP contribution in [0.15, 0.2) is 18.2 Å². The van der Waals surface area contributed by atoms with E-state index in [2.05, 4.69) is 5.32 Å². The summed E-state index contributed by atoms with van der Waals surface area (Å²) in [6.45, 7) is 0. The van der Waals surface area contributed by atoms with Gasteiger partial charge in [0.1, 0.15) is 0 Å². The van der Waals surface area contributed by atoms with E-state index in [1.807, 2.05) is 0 Å². The summed E-state index contributed by atoms with van der Waals surface area (Å²) < 4.78 is 0. The Labute approximate surface area is 96.6 Å². The van der Waals surface area contributed by atoms with Gasteiger partial charge in [0, 0.05) is 6.42 Å². The average molecular weight is 238 g/mol. The minimum Gasteiger partial charge on any atom is -0.288 e. The normalized spacial score (nSPS) is 13.6. The van der Waals surface area contributed by atoms with Crippen molar-refractivity contribution in [2.75, 3.05) is 0 Å². The molecule has 0 saturated heterocycles. The standard InChI is InChI=1S/C11H8ClNO3/c12-8(14)5-4-6-2-1-3-7-9(6)11(16)13-10(7)15/h1-3H,4-5H2,(H,13,15,16). The van der Waals surface area contributed by atoms with Crippen LogP contribution >= 0.6 is 11.6 Å². The summed E-state index contributed by atoms with van der Waals surface area (Å²) in [4.78, 5) is 33.5. The molecule has 4 nitrogen and oxygen atoms in total. The Kier molecular flexibility index (Phi) is 2.75. The van der Waals surface area contributed by atoms with Gasteiger partial charge in [0.05, 0.1) is 11.1 Å². The number of carbonyl (C=O) groups is 3. The molecule has 82 valence electrons. The number of hydrogen-bond acceptors (Lipinski definition) is 3. The molecular formula is C11H8ClNO3. The number of rotatable bonds is 3. The molecule has 0 unspecified atom stereocenters. The second-order valence-electron chi connectivity index (χ2n) is 3.48. The lowest BCUT2D eigenvalue weighted by atomic mass is 9.99. The maximum atomic E-state index is 11.5. The van der Waals surface area contributed by atoms with E-state index in [4.69, 9.17) is 11.6 Å². The summed E-state index contributed by atoms with van der Waals surface area (Å²) in [6.07, 6.45) is 0.520. The third kappa shape index (κ3) is 1.84.